The van der Waals surface area contributed by atoms with Gasteiger partial charge in [-0.1, -0.05) is 17.7 Å². The molecule has 0 fully saturated rings. The molecule has 1 N–H and O–H groups in total. The van der Waals surface area contributed by atoms with Crippen molar-refractivity contribution < 1.29 is 14.5 Å². The number of nitro groups is 1. The second-order valence-electron chi connectivity index (χ2n) is 3.73. The van der Waals surface area contributed by atoms with Crippen molar-refractivity contribution in [1.29, 1.82) is 0 Å². The van der Waals surface area contributed by atoms with Gasteiger partial charge in [0.2, 0.25) is 0 Å². The molecule has 0 saturated carbocycles. The number of benzene rings is 1. The summed E-state index contributed by atoms with van der Waals surface area (Å²) in [7, 11) is 1.52. The van der Waals surface area contributed by atoms with Gasteiger partial charge in [-0.25, -0.2) is 0 Å². The zero-order valence-electron chi connectivity index (χ0n) is 9.97. The predicted octanol–water partition coefficient (Wildman–Crippen LogP) is 2.01. The van der Waals surface area contributed by atoms with E-state index in [4.69, 9.17) is 16.3 Å². The fourth-order valence-electron chi connectivity index (χ4n) is 1.43. The molecule has 0 aliphatic heterocycles. The number of methoxy groups -OCH3 is 1. The Hall–Kier alpha value is -1.66. The average molecular weight is 273 g/mol. The van der Waals surface area contributed by atoms with Crippen LogP contribution in [0.5, 0.6) is 0 Å². The van der Waals surface area contributed by atoms with Gasteiger partial charge < -0.3 is 10.1 Å². The maximum absolute atomic E-state index is 11.9. The SMILES string of the molecule is COCC(C)NC(=O)c1cccc([N+](=O)[O-])c1Cl. The number of rotatable bonds is 5. The number of hydrogen-bond acceptors (Lipinski definition) is 4. The van der Waals surface area contributed by atoms with E-state index in [1.54, 1.807) is 6.92 Å². The van der Waals surface area contributed by atoms with Crippen molar-refractivity contribution in [2.45, 2.75) is 13.0 Å². The lowest BCUT2D eigenvalue weighted by Gasteiger charge is -2.13. The molecule has 0 aliphatic rings. The van der Waals surface area contributed by atoms with Gasteiger partial charge in [-0.3, -0.25) is 14.9 Å². The van der Waals surface area contributed by atoms with E-state index in [0.717, 1.165) is 0 Å². The van der Waals surface area contributed by atoms with Crippen LogP contribution in [0.2, 0.25) is 5.02 Å². The fraction of sp³-hybridized carbons (Fsp3) is 0.364. The van der Waals surface area contributed by atoms with Crippen molar-refractivity contribution in [1.82, 2.24) is 5.32 Å². The Labute approximate surface area is 109 Å². The van der Waals surface area contributed by atoms with Crippen molar-refractivity contribution in [2.75, 3.05) is 13.7 Å². The van der Waals surface area contributed by atoms with Crippen LogP contribution in [-0.4, -0.2) is 30.6 Å². The van der Waals surface area contributed by atoms with E-state index in [-0.39, 0.29) is 22.3 Å². The number of amides is 1. The Morgan fingerprint density at radius 2 is 2.28 bits per heavy atom. The number of carbonyl (C=O) groups is 1. The van der Waals surface area contributed by atoms with Crippen LogP contribution in [0.1, 0.15) is 17.3 Å². The third kappa shape index (κ3) is 3.41. The van der Waals surface area contributed by atoms with Gasteiger partial charge in [0.05, 0.1) is 17.1 Å². The third-order valence-corrected chi connectivity index (χ3v) is 2.61. The first-order valence-electron chi connectivity index (χ1n) is 5.20. The minimum atomic E-state index is -0.627. The van der Waals surface area contributed by atoms with Gasteiger partial charge in [0.25, 0.3) is 11.6 Å². The zero-order chi connectivity index (χ0) is 13.7. The summed E-state index contributed by atoms with van der Waals surface area (Å²) < 4.78 is 4.88. The molecule has 1 unspecified atom stereocenters. The molecule has 1 aromatic rings. The second-order valence-corrected chi connectivity index (χ2v) is 4.10. The lowest BCUT2D eigenvalue weighted by Crippen LogP contribution is -2.35. The molecule has 0 radical (unpaired) electrons. The summed E-state index contributed by atoms with van der Waals surface area (Å²) in [5.41, 5.74) is -0.211. The van der Waals surface area contributed by atoms with E-state index >= 15 is 0 Å². The number of nitrogens with zero attached hydrogens (tertiary/aromatic N) is 1. The molecule has 6 nitrogen and oxygen atoms in total. The second kappa shape index (κ2) is 6.32. The van der Waals surface area contributed by atoms with Crippen LogP contribution in [0.15, 0.2) is 18.2 Å². The van der Waals surface area contributed by atoms with Gasteiger partial charge >= 0.3 is 0 Å². The van der Waals surface area contributed by atoms with E-state index in [1.807, 2.05) is 0 Å². The van der Waals surface area contributed by atoms with Crippen LogP contribution in [0.25, 0.3) is 0 Å². The molecule has 0 aliphatic carbocycles. The highest BCUT2D eigenvalue weighted by molar-refractivity contribution is 6.35. The summed E-state index contributed by atoms with van der Waals surface area (Å²) in [6, 6.07) is 3.89. The minimum absolute atomic E-state index is 0.0776. The molecule has 18 heavy (non-hydrogen) atoms. The topological polar surface area (TPSA) is 81.5 Å². The molecule has 98 valence electrons. The molecule has 1 amide bonds. The van der Waals surface area contributed by atoms with E-state index in [9.17, 15) is 14.9 Å². The van der Waals surface area contributed by atoms with Crippen molar-refractivity contribution in [2.24, 2.45) is 0 Å². The number of carbonyl (C=O) groups excluding carboxylic acids is 1. The summed E-state index contributed by atoms with van der Waals surface area (Å²) in [6.45, 7) is 2.10. The van der Waals surface area contributed by atoms with Gasteiger partial charge in [0, 0.05) is 19.2 Å². The molecule has 0 aromatic heterocycles. The normalized spacial score (nSPS) is 11.9. The fourth-order valence-corrected chi connectivity index (χ4v) is 1.71. The Kier molecular flexibility index (Phi) is 5.06. The summed E-state index contributed by atoms with van der Waals surface area (Å²) in [6.07, 6.45) is 0. The van der Waals surface area contributed by atoms with Crippen LogP contribution in [0.4, 0.5) is 5.69 Å². The number of ether oxygens (including phenoxy) is 1. The van der Waals surface area contributed by atoms with E-state index < -0.39 is 10.8 Å². The van der Waals surface area contributed by atoms with Gasteiger partial charge in [-0.15, -0.1) is 0 Å². The van der Waals surface area contributed by atoms with Gasteiger partial charge in [0.15, 0.2) is 0 Å². The monoisotopic (exact) mass is 272 g/mol. The highest BCUT2D eigenvalue weighted by atomic mass is 35.5. The van der Waals surface area contributed by atoms with E-state index in [2.05, 4.69) is 5.32 Å². The lowest BCUT2D eigenvalue weighted by molar-refractivity contribution is -0.384. The number of nitrogens with one attached hydrogen (secondary N) is 1. The van der Waals surface area contributed by atoms with Crippen molar-refractivity contribution in [3.63, 3.8) is 0 Å². The van der Waals surface area contributed by atoms with E-state index in [0.29, 0.717) is 6.61 Å². The summed E-state index contributed by atoms with van der Waals surface area (Å²) >= 11 is 5.83. The quantitative estimate of drug-likeness (QED) is 0.657. The van der Waals surface area contributed by atoms with Crippen molar-refractivity contribution >= 4 is 23.2 Å². The molecule has 0 bridgehead atoms. The molecule has 0 heterocycles. The minimum Gasteiger partial charge on any atom is -0.383 e. The first kappa shape index (κ1) is 14.4. The predicted molar refractivity (Wildman–Crippen MR) is 66.9 cm³/mol. The maximum atomic E-state index is 11.9. The Bertz CT molecular complexity index is 464. The number of halogens is 1. The lowest BCUT2D eigenvalue weighted by atomic mass is 10.1. The Morgan fingerprint density at radius 3 is 2.83 bits per heavy atom. The van der Waals surface area contributed by atoms with Gasteiger partial charge in [-0.2, -0.15) is 0 Å². The standard InChI is InChI=1S/C11H13ClN2O4/c1-7(6-18-2)13-11(15)8-4-3-5-9(10(8)12)14(16)17/h3-5,7H,6H2,1-2H3,(H,13,15). The smallest absolute Gasteiger partial charge is 0.288 e. The van der Waals surface area contributed by atoms with Crippen molar-refractivity contribution in [3.05, 3.63) is 38.9 Å². The Morgan fingerprint density at radius 1 is 1.61 bits per heavy atom. The molecular weight excluding hydrogens is 260 g/mol. The molecule has 7 heteroatoms. The average Bonchev–Trinajstić information content (AvgIpc) is 2.28. The van der Waals surface area contributed by atoms with E-state index in [1.165, 1.54) is 25.3 Å². The first-order valence-corrected chi connectivity index (χ1v) is 5.58. The third-order valence-electron chi connectivity index (χ3n) is 2.21. The highest BCUT2D eigenvalue weighted by Crippen LogP contribution is 2.27. The van der Waals surface area contributed by atoms with Crippen LogP contribution in [-0.2, 0) is 4.74 Å². The van der Waals surface area contributed by atoms with Crippen LogP contribution in [0.3, 0.4) is 0 Å². The summed E-state index contributed by atoms with van der Waals surface area (Å²) in [5.74, 6) is -0.465. The first-order chi connectivity index (χ1) is 8.47. The highest BCUT2D eigenvalue weighted by Gasteiger charge is 2.20. The van der Waals surface area contributed by atoms with Crippen LogP contribution >= 0.6 is 11.6 Å². The molecule has 1 rings (SSSR count). The van der Waals surface area contributed by atoms with Gasteiger partial charge in [0.1, 0.15) is 5.02 Å². The number of nitro benzene ring substituents is 1. The molecular formula is C11H13ClN2O4. The molecule has 0 saturated heterocycles. The molecule has 1 atom stereocenters. The van der Waals surface area contributed by atoms with Crippen LogP contribution in [0, 0.1) is 10.1 Å². The largest absolute Gasteiger partial charge is 0.383 e. The van der Waals surface area contributed by atoms with Crippen LogP contribution < -0.4 is 5.32 Å². The maximum Gasteiger partial charge on any atom is 0.288 e. The molecule has 1 aromatic carbocycles. The summed E-state index contributed by atoms with van der Waals surface area (Å²) in [5, 5.41) is 13.2. The number of hydrogen-bond donors (Lipinski definition) is 1. The summed E-state index contributed by atoms with van der Waals surface area (Å²) in [4.78, 5) is 21.9. The van der Waals surface area contributed by atoms with Gasteiger partial charge in [-0.05, 0) is 13.0 Å². The Balaban J connectivity index is 2.93. The zero-order valence-corrected chi connectivity index (χ0v) is 10.7. The molecule has 0 spiro atoms. The van der Waals surface area contributed by atoms with Crippen molar-refractivity contribution in [3.8, 4) is 0 Å².